The van der Waals surface area contributed by atoms with Gasteiger partial charge in [0.1, 0.15) is 11.3 Å². The third kappa shape index (κ3) is 2.61. The first-order valence-electron chi connectivity index (χ1n) is 6.63. The lowest BCUT2D eigenvalue weighted by molar-refractivity contribution is -0.128. The van der Waals surface area contributed by atoms with Gasteiger partial charge in [-0.15, -0.1) is 0 Å². The van der Waals surface area contributed by atoms with Crippen LogP contribution in [0.4, 0.5) is 5.69 Å². The third-order valence-corrected chi connectivity index (χ3v) is 3.49. The minimum absolute atomic E-state index is 0.1000. The van der Waals surface area contributed by atoms with Crippen LogP contribution in [0, 0.1) is 6.92 Å². The zero-order chi connectivity index (χ0) is 14.9. The van der Waals surface area contributed by atoms with E-state index < -0.39 is 5.54 Å². The van der Waals surface area contributed by atoms with Crippen molar-refractivity contribution in [2.45, 2.75) is 32.7 Å². The van der Waals surface area contributed by atoms with E-state index in [1.165, 1.54) is 0 Å². The van der Waals surface area contributed by atoms with Crippen molar-refractivity contribution >= 4 is 17.5 Å². The van der Waals surface area contributed by atoms with E-state index in [1.54, 1.807) is 25.9 Å². The number of benzene rings is 1. The lowest BCUT2D eigenvalue weighted by Gasteiger charge is -2.29. The van der Waals surface area contributed by atoms with Gasteiger partial charge in [-0.05, 0) is 44.5 Å². The van der Waals surface area contributed by atoms with Crippen LogP contribution in [-0.2, 0) is 9.59 Å². The first-order chi connectivity index (χ1) is 9.35. The van der Waals surface area contributed by atoms with Crippen LogP contribution in [0.2, 0.25) is 0 Å². The molecule has 0 saturated carbocycles. The summed E-state index contributed by atoms with van der Waals surface area (Å²) in [5.41, 5.74) is 0.878. The van der Waals surface area contributed by atoms with Crippen molar-refractivity contribution in [2.75, 3.05) is 18.6 Å². The Morgan fingerprint density at radius 1 is 1.30 bits per heavy atom. The standard InChI is InChI=1S/C15H20N2O3/c1-10-9-11(20-4)5-6-12(10)17-8-7-13(18)16-15(2,3)14(17)19/h5-6,9H,7-8H2,1-4H3,(H,16,18). The average molecular weight is 276 g/mol. The molecular weight excluding hydrogens is 256 g/mol. The van der Waals surface area contributed by atoms with Crippen molar-refractivity contribution in [1.29, 1.82) is 0 Å². The Kier molecular flexibility index (Phi) is 3.70. The van der Waals surface area contributed by atoms with E-state index in [0.29, 0.717) is 13.0 Å². The van der Waals surface area contributed by atoms with Crippen LogP contribution >= 0.6 is 0 Å². The van der Waals surface area contributed by atoms with Gasteiger partial charge in [0.25, 0.3) is 5.91 Å². The molecule has 5 heteroatoms. The fourth-order valence-electron chi connectivity index (χ4n) is 2.40. The topological polar surface area (TPSA) is 58.6 Å². The highest BCUT2D eigenvalue weighted by Gasteiger charge is 2.37. The maximum Gasteiger partial charge on any atom is 0.252 e. The number of hydrogen-bond acceptors (Lipinski definition) is 3. The quantitative estimate of drug-likeness (QED) is 0.893. The first kappa shape index (κ1) is 14.4. The van der Waals surface area contributed by atoms with E-state index in [4.69, 9.17) is 4.74 Å². The molecule has 0 aromatic heterocycles. The van der Waals surface area contributed by atoms with Gasteiger partial charge in [-0.3, -0.25) is 9.59 Å². The number of hydrogen-bond donors (Lipinski definition) is 1. The number of carbonyl (C=O) groups excluding carboxylic acids is 2. The number of amides is 2. The van der Waals surface area contributed by atoms with Crippen LogP contribution in [0.1, 0.15) is 25.8 Å². The lowest BCUT2D eigenvalue weighted by atomic mass is 10.0. The molecule has 0 spiro atoms. The molecule has 0 bridgehead atoms. The molecule has 0 radical (unpaired) electrons. The molecule has 1 N–H and O–H groups in total. The second-order valence-electron chi connectivity index (χ2n) is 5.53. The molecular formula is C15H20N2O3. The molecule has 1 aromatic carbocycles. The summed E-state index contributed by atoms with van der Waals surface area (Å²) in [7, 11) is 1.61. The van der Waals surface area contributed by atoms with Gasteiger partial charge in [0.2, 0.25) is 5.91 Å². The highest BCUT2D eigenvalue weighted by Crippen LogP contribution is 2.28. The van der Waals surface area contributed by atoms with Crippen molar-refractivity contribution in [3.63, 3.8) is 0 Å². The van der Waals surface area contributed by atoms with Gasteiger partial charge in [0.15, 0.2) is 0 Å². The van der Waals surface area contributed by atoms with Crippen LogP contribution in [-0.4, -0.2) is 31.0 Å². The molecule has 5 nitrogen and oxygen atoms in total. The van der Waals surface area contributed by atoms with Crippen molar-refractivity contribution in [3.05, 3.63) is 23.8 Å². The van der Waals surface area contributed by atoms with E-state index in [9.17, 15) is 9.59 Å². The maximum absolute atomic E-state index is 12.6. The largest absolute Gasteiger partial charge is 0.497 e. The van der Waals surface area contributed by atoms with E-state index in [1.807, 2.05) is 25.1 Å². The summed E-state index contributed by atoms with van der Waals surface area (Å²) in [6, 6.07) is 5.57. The number of nitrogens with one attached hydrogen (secondary N) is 1. The summed E-state index contributed by atoms with van der Waals surface area (Å²) in [6.07, 6.45) is 0.306. The van der Waals surface area contributed by atoms with Gasteiger partial charge < -0.3 is 15.0 Å². The van der Waals surface area contributed by atoms with Crippen LogP contribution in [0.25, 0.3) is 0 Å². The van der Waals surface area contributed by atoms with Crippen LogP contribution in [0.15, 0.2) is 18.2 Å². The van der Waals surface area contributed by atoms with Crippen LogP contribution in [0.5, 0.6) is 5.75 Å². The average Bonchev–Trinajstić information content (AvgIpc) is 2.48. The second kappa shape index (κ2) is 5.15. The Morgan fingerprint density at radius 3 is 2.60 bits per heavy atom. The molecule has 2 amide bonds. The molecule has 1 fully saturated rings. The molecule has 108 valence electrons. The first-order valence-corrected chi connectivity index (χ1v) is 6.63. The molecule has 2 rings (SSSR count). The Balaban J connectivity index is 2.40. The summed E-state index contributed by atoms with van der Waals surface area (Å²) in [6.45, 7) is 5.77. The SMILES string of the molecule is COc1ccc(N2CCC(=O)NC(C)(C)C2=O)c(C)c1. The molecule has 1 aliphatic rings. The normalized spacial score (nSPS) is 18.5. The van der Waals surface area contributed by atoms with E-state index in [0.717, 1.165) is 17.0 Å². The number of aryl methyl sites for hydroxylation is 1. The highest BCUT2D eigenvalue weighted by molar-refractivity contribution is 6.04. The number of rotatable bonds is 2. The number of methoxy groups -OCH3 is 1. The highest BCUT2D eigenvalue weighted by atomic mass is 16.5. The molecule has 1 aliphatic heterocycles. The van der Waals surface area contributed by atoms with Crippen molar-refractivity contribution < 1.29 is 14.3 Å². The predicted molar refractivity (Wildman–Crippen MR) is 76.9 cm³/mol. The van der Waals surface area contributed by atoms with Gasteiger partial charge in [-0.1, -0.05) is 0 Å². The molecule has 1 aromatic rings. The van der Waals surface area contributed by atoms with Crippen LogP contribution < -0.4 is 15.0 Å². The minimum atomic E-state index is -0.889. The summed E-state index contributed by atoms with van der Waals surface area (Å²) in [4.78, 5) is 26.0. The zero-order valence-corrected chi connectivity index (χ0v) is 12.3. The van der Waals surface area contributed by atoms with Gasteiger partial charge in [-0.2, -0.15) is 0 Å². The Morgan fingerprint density at radius 2 is 2.00 bits per heavy atom. The molecule has 1 saturated heterocycles. The van der Waals surface area contributed by atoms with Crippen LogP contribution in [0.3, 0.4) is 0 Å². The van der Waals surface area contributed by atoms with Crippen molar-refractivity contribution in [1.82, 2.24) is 5.32 Å². The monoisotopic (exact) mass is 276 g/mol. The fraction of sp³-hybridized carbons (Fsp3) is 0.467. The molecule has 1 heterocycles. The Bertz CT molecular complexity index is 552. The summed E-state index contributed by atoms with van der Waals surface area (Å²) < 4.78 is 5.18. The van der Waals surface area contributed by atoms with Gasteiger partial charge in [0, 0.05) is 18.7 Å². The summed E-state index contributed by atoms with van der Waals surface area (Å²) >= 11 is 0. The minimum Gasteiger partial charge on any atom is -0.497 e. The Labute approximate surface area is 118 Å². The number of carbonyl (C=O) groups is 2. The van der Waals surface area contributed by atoms with Gasteiger partial charge >= 0.3 is 0 Å². The van der Waals surface area contributed by atoms with Gasteiger partial charge in [-0.25, -0.2) is 0 Å². The number of anilines is 1. The number of ether oxygens (including phenoxy) is 1. The molecule has 0 unspecified atom stereocenters. The van der Waals surface area contributed by atoms with Gasteiger partial charge in [0.05, 0.1) is 7.11 Å². The summed E-state index contributed by atoms with van der Waals surface area (Å²) in [5.74, 6) is 0.551. The summed E-state index contributed by atoms with van der Waals surface area (Å²) in [5, 5.41) is 2.75. The zero-order valence-electron chi connectivity index (χ0n) is 12.3. The fourth-order valence-corrected chi connectivity index (χ4v) is 2.40. The second-order valence-corrected chi connectivity index (χ2v) is 5.53. The predicted octanol–water partition coefficient (Wildman–Crippen LogP) is 1.64. The van der Waals surface area contributed by atoms with E-state index in [-0.39, 0.29) is 11.8 Å². The maximum atomic E-state index is 12.6. The lowest BCUT2D eigenvalue weighted by Crippen LogP contribution is -2.53. The molecule has 0 aliphatic carbocycles. The van der Waals surface area contributed by atoms with E-state index >= 15 is 0 Å². The smallest absolute Gasteiger partial charge is 0.252 e. The molecule has 20 heavy (non-hydrogen) atoms. The van der Waals surface area contributed by atoms with Crippen molar-refractivity contribution in [3.8, 4) is 5.75 Å². The van der Waals surface area contributed by atoms with Crippen molar-refractivity contribution in [2.24, 2.45) is 0 Å². The third-order valence-electron chi connectivity index (χ3n) is 3.49. The van der Waals surface area contributed by atoms with E-state index in [2.05, 4.69) is 5.32 Å². The number of nitrogens with zero attached hydrogens (tertiary/aromatic N) is 1. The Hall–Kier alpha value is -2.04. The molecule has 0 atom stereocenters.